The summed E-state index contributed by atoms with van der Waals surface area (Å²) < 4.78 is 0. The van der Waals surface area contributed by atoms with Crippen LogP contribution in [0, 0.1) is 16.7 Å². The van der Waals surface area contributed by atoms with Crippen LogP contribution in [0.5, 0.6) is 0 Å². The molecule has 2 rings (SSSR count). The molecule has 0 bridgehead atoms. The molecule has 0 saturated heterocycles. The Morgan fingerprint density at radius 2 is 1.71 bits per heavy atom. The van der Waals surface area contributed by atoms with Crippen molar-refractivity contribution in [3.05, 3.63) is 29.8 Å². The Hall–Kier alpha value is -1.55. The molecule has 2 amide bonds. The van der Waals surface area contributed by atoms with E-state index in [-0.39, 0.29) is 12.1 Å². The van der Waals surface area contributed by atoms with Crippen molar-refractivity contribution in [2.75, 3.05) is 11.9 Å². The molecule has 21 heavy (non-hydrogen) atoms. The van der Waals surface area contributed by atoms with Gasteiger partial charge in [0.2, 0.25) is 0 Å². The number of carbonyl (C=O) groups is 1. The first kappa shape index (κ1) is 15.8. The summed E-state index contributed by atoms with van der Waals surface area (Å²) in [6.45, 7) is 11.7. The highest BCUT2D eigenvalue weighted by atomic mass is 16.2. The average Bonchev–Trinajstić information content (AvgIpc) is 2.77. The minimum Gasteiger partial charge on any atom is -0.338 e. The molecule has 0 radical (unpaired) electrons. The van der Waals surface area contributed by atoms with Crippen LogP contribution in [0.1, 0.15) is 46.2 Å². The molecule has 1 unspecified atom stereocenters. The number of anilines is 1. The predicted octanol–water partition coefficient (Wildman–Crippen LogP) is 3.51. The third kappa shape index (κ3) is 3.05. The lowest BCUT2D eigenvalue weighted by Gasteiger charge is -2.10. The summed E-state index contributed by atoms with van der Waals surface area (Å²) in [5.74, 6) is 0.524. The summed E-state index contributed by atoms with van der Waals surface area (Å²) in [5, 5.41) is 5.82. The molecule has 0 heterocycles. The molecular formula is C17H27N3O. The molecule has 1 aliphatic rings. The zero-order valence-electron chi connectivity index (χ0n) is 13.7. The van der Waals surface area contributed by atoms with Gasteiger partial charge in [-0.1, -0.05) is 39.8 Å². The maximum absolute atomic E-state index is 11.9. The van der Waals surface area contributed by atoms with E-state index in [0.29, 0.717) is 23.3 Å². The molecule has 1 saturated carbocycles. The van der Waals surface area contributed by atoms with Crippen molar-refractivity contribution in [2.24, 2.45) is 22.5 Å². The maximum Gasteiger partial charge on any atom is 0.319 e. The van der Waals surface area contributed by atoms with Gasteiger partial charge >= 0.3 is 6.03 Å². The van der Waals surface area contributed by atoms with Crippen LogP contribution in [-0.2, 0) is 0 Å². The van der Waals surface area contributed by atoms with Crippen LogP contribution in [0.15, 0.2) is 24.3 Å². The summed E-state index contributed by atoms with van der Waals surface area (Å²) in [4.78, 5) is 11.9. The van der Waals surface area contributed by atoms with Gasteiger partial charge in [0.1, 0.15) is 0 Å². The topological polar surface area (TPSA) is 67.1 Å². The first-order valence-electron chi connectivity index (χ1n) is 7.56. The molecule has 0 aromatic heterocycles. The first-order chi connectivity index (χ1) is 9.66. The molecule has 1 fully saturated rings. The van der Waals surface area contributed by atoms with Gasteiger partial charge < -0.3 is 16.4 Å². The lowest BCUT2D eigenvalue weighted by molar-refractivity contribution is 0.251. The minimum absolute atomic E-state index is 0.00667. The Bertz CT molecular complexity index is 503. The van der Waals surface area contributed by atoms with E-state index in [0.717, 1.165) is 11.3 Å². The number of carbonyl (C=O) groups excluding carboxylic acids is 1. The molecule has 4 heteroatoms. The molecular weight excluding hydrogens is 262 g/mol. The number of amides is 2. The van der Waals surface area contributed by atoms with E-state index in [2.05, 4.69) is 38.3 Å². The second kappa shape index (κ2) is 5.34. The normalized spacial score (nSPS) is 20.7. The molecule has 1 atom stereocenters. The molecule has 4 N–H and O–H groups in total. The maximum atomic E-state index is 11.9. The van der Waals surface area contributed by atoms with Crippen LogP contribution >= 0.6 is 0 Å². The highest BCUT2D eigenvalue weighted by Gasteiger charge is 2.64. The molecule has 116 valence electrons. The highest BCUT2D eigenvalue weighted by molar-refractivity contribution is 5.89. The zero-order valence-corrected chi connectivity index (χ0v) is 13.7. The molecule has 1 aliphatic carbocycles. The number of hydrogen-bond donors (Lipinski definition) is 3. The first-order valence-corrected chi connectivity index (χ1v) is 7.56. The molecule has 4 nitrogen and oxygen atoms in total. The monoisotopic (exact) mass is 289 g/mol. The SMILES string of the molecule is CC(N)c1ccc(NC(=O)NCC2C(C)(C)C2(C)C)cc1. The summed E-state index contributed by atoms with van der Waals surface area (Å²) in [6, 6.07) is 7.49. The van der Waals surface area contributed by atoms with E-state index >= 15 is 0 Å². The minimum atomic E-state index is -0.151. The summed E-state index contributed by atoms with van der Waals surface area (Å²) >= 11 is 0. The standard InChI is InChI=1S/C17H27N3O/c1-11(18)12-6-8-13(9-7-12)20-15(21)19-10-14-16(2,3)17(14,4)5/h6-9,11,14H,10,18H2,1-5H3,(H2,19,20,21). The van der Waals surface area contributed by atoms with Gasteiger partial charge in [0, 0.05) is 18.3 Å². The summed E-state index contributed by atoms with van der Waals surface area (Å²) in [6.07, 6.45) is 0. The van der Waals surface area contributed by atoms with E-state index < -0.39 is 0 Å². The van der Waals surface area contributed by atoms with Gasteiger partial charge in [-0.2, -0.15) is 0 Å². The number of nitrogens with two attached hydrogens (primary N) is 1. The Morgan fingerprint density at radius 3 is 2.14 bits per heavy atom. The quantitative estimate of drug-likeness (QED) is 0.794. The summed E-state index contributed by atoms with van der Waals surface area (Å²) in [7, 11) is 0. The van der Waals surface area contributed by atoms with Crippen molar-refractivity contribution in [3.8, 4) is 0 Å². The fourth-order valence-electron chi connectivity index (χ4n) is 3.08. The van der Waals surface area contributed by atoms with E-state index in [1.807, 2.05) is 31.2 Å². The Balaban J connectivity index is 1.83. The molecule has 0 aliphatic heterocycles. The van der Waals surface area contributed by atoms with Crippen molar-refractivity contribution < 1.29 is 4.79 Å². The van der Waals surface area contributed by atoms with Gasteiger partial charge in [0.05, 0.1) is 0 Å². The smallest absolute Gasteiger partial charge is 0.319 e. The second-order valence-electron chi connectivity index (χ2n) is 7.24. The van der Waals surface area contributed by atoms with Crippen LogP contribution < -0.4 is 16.4 Å². The van der Waals surface area contributed by atoms with Crippen molar-refractivity contribution in [2.45, 2.75) is 40.7 Å². The van der Waals surface area contributed by atoms with Gasteiger partial charge in [-0.15, -0.1) is 0 Å². The van der Waals surface area contributed by atoms with Crippen LogP contribution in [0.2, 0.25) is 0 Å². The number of rotatable bonds is 4. The van der Waals surface area contributed by atoms with Gasteiger partial charge in [-0.25, -0.2) is 4.79 Å². The van der Waals surface area contributed by atoms with Crippen LogP contribution in [-0.4, -0.2) is 12.6 Å². The van der Waals surface area contributed by atoms with E-state index in [9.17, 15) is 4.79 Å². The van der Waals surface area contributed by atoms with Gasteiger partial charge in [-0.05, 0) is 41.4 Å². The van der Waals surface area contributed by atoms with Crippen molar-refractivity contribution >= 4 is 11.7 Å². The van der Waals surface area contributed by atoms with E-state index in [4.69, 9.17) is 5.73 Å². The van der Waals surface area contributed by atoms with Crippen molar-refractivity contribution in [1.29, 1.82) is 0 Å². The number of hydrogen-bond acceptors (Lipinski definition) is 2. The Kier molecular flexibility index (Phi) is 4.02. The number of nitrogens with one attached hydrogen (secondary N) is 2. The van der Waals surface area contributed by atoms with Crippen LogP contribution in [0.4, 0.5) is 10.5 Å². The third-order valence-corrected chi connectivity index (χ3v) is 5.48. The lowest BCUT2D eigenvalue weighted by atomic mass is 10.0. The molecule has 1 aromatic carbocycles. The van der Waals surface area contributed by atoms with E-state index in [1.165, 1.54) is 0 Å². The number of benzene rings is 1. The van der Waals surface area contributed by atoms with Crippen molar-refractivity contribution in [3.63, 3.8) is 0 Å². The average molecular weight is 289 g/mol. The predicted molar refractivity (Wildman–Crippen MR) is 87.1 cm³/mol. The third-order valence-electron chi connectivity index (χ3n) is 5.48. The molecule has 0 spiro atoms. The van der Waals surface area contributed by atoms with E-state index in [1.54, 1.807) is 0 Å². The fourth-order valence-corrected chi connectivity index (χ4v) is 3.08. The van der Waals surface area contributed by atoms with Crippen LogP contribution in [0.25, 0.3) is 0 Å². The van der Waals surface area contributed by atoms with Crippen molar-refractivity contribution in [1.82, 2.24) is 5.32 Å². The highest BCUT2D eigenvalue weighted by Crippen LogP contribution is 2.67. The molecule has 1 aromatic rings. The summed E-state index contributed by atoms with van der Waals surface area (Å²) in [5.41, 5.74) is 8.23. The fraction of sp³-hybridized carbons (Fsp3) is 0.588. The zero-order chi connectivity index (χ0) is 15.8. The Morgan fingerprint density at radius 1 is 1.19 bits per heavy atom. The van der Waals surface area contributed by atoms with Gasteiger partial charge in [0.15, 0.2) is 0 Å². The number of urea groups is 1. The van der Waals surface area contributed by atoms with Gasteiger partial charge in [0.25, 0.3) is 0 Å². The second-order valence-corrected chi connectivity index (χ2v) is 7.24. The van der Waals surface area contributed by atoms with Gasteiger partial charge in [-0.3, -0.25) is 0 Å². The largest absolute Gasteiger partial charge is 0.338 e. The van der Waals surface area contributed by atoms with Crippen LogP contribution in [0.3, 0.4) is 0 Å². The Labute approximate surface area is 127 Å². The lowest BCUT2D eigenvalue weighted by Crippen LogP contribution is -2.31.